The number of benzene rings is 2. The molecule has 0 aromatic heterocycles. The summed E-state index contributed by atoms with van der Waals surface area (Å²) < 4.78 is 0. The van der Waals surface area contributed by atoms with Crippen LogP contribution >= 0.6 is 11.8 Å². The maximum atomic E-state index is 11.1. The molecule has 1 aliphatic rings. The predicted octanol–water partition coefficient (Wildman–Crippen LogP) is 3.73. The Bertz CT molecular complexity index is 565. The second kappa shape index (κ2) is 4.45. The van der Waals surface area contributed by atoms with E-state index in [1.54, 1.807) is 0 Å². The highest BCUT2D eigenvalue weighted by molar-refractivity contribution is 7.99. The van der Waals surface area contributed by atoms with Crippen LogP contribution in [-0.2, 0) is 5.60 Å². The summed E-state index contributed by atoms with van der Waals surface area (Å²) in [6.07, 6.45) is 0.776. The Labute approximate surface area is 112 Å². The normalized spacial score (nSPS) is 22.6. The van der Waals surface area contributed by atoms with E-state index in [2.05, 4.69) is 25.1 Å². The molecule has 18 heavy (non-hydrogen) atoms. The molecule has 0 saturated carbocycles. The van der Waals surface area contributed by atoms with Crippen molar-refractivity contribution in [2.75, 3.05) is 5.75 Å². The van der Waals surface area contributed by atoms with E-state index in [4.69, 9.17) is 0 Å². The summed E-state index contributed by atoms with van der Waals surface area (Å²) in [5.74, 6) is 0.960. The van der Waals surface area contributed by atoms with Crippen molar-refractivity contribution in [1.82, 2.24) is 0 Å². The van der Waals surface area contributed by atoms with E-state index in [-0.39, 0.29) is 0 Å². The molecule has 1 N–H and O–H groups in total. The summed E-state index contributed by atoms with van der Waals surface area (Å²) in [7, 11) is 0. The molecule has 1 nitrogen and oxygen atoms in total. The zero-order chi connectivity index (χ0) is 12.6. The number of hydrogen-bond acceptors (Lipinski definition) is 2. The first-order chi connectivity index (χ1) is 8.70. The van der Waals surface area contributed by atoms with Gasteiger partial charge in [0, 0.05) is 16.2 Å². The van der Waals surface area contributed by atoms with Gasteiger partial charge in [0.2, 0.25) is 0 Å². The van der Waals surface area contributed by atoms with Crippen molar-refractivity contribution < 1.29 is 5.11 Å². The first-order valence-corrected chi connectivity index (χ1v) is 7.20. The zero-order valence-corrected chi connectivity index (χ0v) is 11.2. The maximum Gasteiger partial charge on any atom is 0.116 e. The van der Waals surface area contributed by atoms with E-state index in [0.717, 1.165) is 23.3 Å². The van der Waals surface area contributed by atoms with E-state index in [1.165, 1.54) is 10.5 Å². The van der Waals surface area contributed by atoms with Gasteiger partial charge in [-0.1, -0.05) is 48.0 Å². The topological polar surface area (TPSA) is 20.2 Å². The Kier molecular flexibility index (Phi) is 2.92. The van der Waals surface area contributed by atoms with Gasteiger partial charge in [-0.3, -0.25) is 0 Å². The fourth-order valence-electron chi connectivity index (χ4n) is 2.55. The lowest BCUT2D eigenvalue weighted by Crippen LogP contribution is -2.31. The number of rotatable bonds is 1. The van der Waals surface area contributed by atoms with Crippen LogP contribution in [0.3, 0.4) is 0 Å². The summed E-state index contributed by atoms with van der Waals surface area (Å²) in [4.78, 5) is 1.21. The minimum atomic E-state index is -0.826. The Balaban J connectivity index is 2.18. The molecule has 0 saturated heterocycles. The van der Waals surface area contributed by atoms with Crippen LogP contribution in [0, 0.1) is 6.92 Å². The monoisotopic (exact) mass is 256 g/mol. The number of aryl methyl sites for hydroxylation is 1. The van der Waals surface area contributed by atoms with Gasteiger partial charge in [0.05, 0.1) is 0 Å². The van der Waals surface area contributed by atoms with Crippen LogP contribution in [0.15, 0.2) is 53.4 Å². The maximum absolute atomic E-state index is 11.1. The lowest BCUT2D eigenvalue weighted by molar-refractivity contribution is 0.0731. The van der Waals surface area contributed by atoms with Gasteiger partial charge in [0.25, 0.3) is 0 Å². The van der Waals surface area contributed by atoms with E-state index in [9.17, 15) is 5.11 Å². The minimum Gasteiger partial charge on any atom is -0.380 e. The average Bonchev–Trinajstić information content (AvgIpc) is 2.41. The quantitative estimate of drug-likeness (QED) is 0.839. The molecule has 0 unspecified atom stereocenters. The molecule has 0 aliphatic carbocycles. The van der Waals surface area contributed by atoms with E-state index in [1.807, 2.05) is 42.1 Å². The third-order valence-corrected chi connectivity index (χ3v) is 4.63. The second-order valence-corrected chi connectivity index (χ2v) is 5.96. The van der Waals surface area contributed by atoms with Crippen molar-refractivity contribution in [3.8, 4) is 0 Å². The van der Waals surface area contributed by atoms with Crippen LogP contribution < -0.4 is 0 Å². The smallest absolute Gasteiger partial charge is 0.116 e. The highest BCUT2D eigenvalue weighted by Gasteiger charge is 2.36. The summed E-state index contributed by atoms with van der Waals surface area (Å²) in [6.45, 7) is 2.07. The lowest BCUT2D eigenvalue weighted by atomic mass is 9.83. The van der Waals surface area contributed by atoms with Crippen molar-refractivity contribution in [3.63, 3.8) is 0 Å². The molecule has 0 spiro atoms. The second-order valence-electron chi connectivity index (χ2n) is 4.82. The van der Waals surface area contributed by atoms with Crippen molar-refractivity contribution in [1.29, 1.82) is 0 Å². The highest BCUT2D eigenvalue weighted by atomic mass is 32.2. The third-order valence-electron chi connectivity index (χ3n) is 3.55. The summed E-state index contributed by atoms with van der Waals surface area (Å²) >= 11 is 1.83. The molecule has 2 aromatic carbocycles. The standard InChI is InChI=1S/C16H16OS/c1-12-7-8-15-14(11-12)16(17,9-10-18-15)13-5-3-2-4-6-13/h2-8,11,17H,9-10H2,1H3/t16-/m0/s1. The van der Waals surface area contributed by atoms with Gasteiger partial charge in [0.1, 0.15) is 5.60 Å². The molecule has 2 aromatic rings. The fourth-order valence-corrected chi connectivity index (χ4v) is 3.71. The summed E-state index contributed by atoms with van der Waals surface area (Å²) in [5.41, 5.74) is 2.43. The van der Waals surface area contributed by atoms with Gasteiger partial charge >= 0.3 is 0 Å². The van der Waals surface area contributed by atoms with Gasteiger partial charge in [-0.25, -0.2) is 0 Å². The summed E-state index contributed by atoms with van der Waals surface area (Å²) in [5, 5.41) is 11.1. The zero-order valence-electron chi connectivity index (χ0n) is 10.4. The molecule has 0 radical (unpaired) electrons. The molecule has 1 heterocycles. The lowest BCUT2D eigenvalue weighted by Gasteiger charge is -2.35. The average molecular weight is 256 g/mol. The predicted molar refractivity (Wildman–Crippen MR) is 76.0 cm³/mol. The third kappa shape index (κ3) is 1.86. The minimum absolute atomic E-state index is 0.776. The van der Waals surface area contributed by atoms with Crippen molar-refractivity contribution >= 4 is 11.8 Å². The Hall–Kier alpha value is -1.25. The van der Waals surface area contributed by atoms with Gasteiger partial charge < -0.3 is 5.11 Å². The first-order valence-electron chi connectivity index (χ1n) is 6.22. The summed E-state index contributed by atoms with van der Waals surface area (Å²) in [6, 6.07) is 16.4. The molecule has 3 rings (SSSR count). The highest BCUT2D eigenvalue weighted by Crippen LogP contribution is 2.44. The molecule has 0 fully saturated rings. The van der Waals surface area contributed by atoms with Gasteiger partial charge in [-0.2, -0.15) is 0 Å². The number of thioether (sulfide) groups is 1. The van der Waals surface area contributed by atoms with Gasteiger partial charge in [-0.15, -0.1) is 11.8 Å². The van der Waals surface area contributed by atoms with Crippen molar-refractivity contribution in [3.05, 3.63) is 65.2 Å². The molecule has 0 amide bonds. The van der Waals surface area contributed by atoms with Crippen LogP contribution in [0.25, 0.3) is 0 Å². The van der Waals surface area contributed by atoms with Gasteiger partial charge in [0.15, 0.2) is 0 Å². The molecule has 92 valence electrons. The van der Waals surface area contributed by atoms with Crippen LogP contribution in [0.1, 0.15) is 23.1 Å². The SMILES string of the molecule is Cc1ccc2c(c1)[C@@](O)(c1ccccc1)CCS2. The Morgan fingerprint density at radius 1 is 1.11 bits per heavy atom. The molecular formula is C16H16OS. The number of aliphatic hydroxyl groups is 1. The molecular weight excluding hydrogens is 240 g/mol. The van der Waals surface area contributed by atoms with Crippen molar-refractivity contribution in [2.24, 2.45) is 0 Å². The largest absolute Gasteiger partial charge is 0.380 e. The van der Waals surface area contributed by atoms with Crippen LogP contribution in [-0.4, -0.2) is 10.9 Å². The van der Waals surface area contributed by atoms with E-state index >= 15 is 0 Å². The van der Waals surface area contributed by atoms with E-state index < -0.39 is 5.60 Å². The van der Waals surface area contributed by atoms with Crippen LogP contribution in [0.5, 0.6) is 0 Å². The molecule has 2 heteroatoms. The molecule has 1 aliphatic heterocycles. The van der Waals surface area contributed by atoms with Crippen LogP contribution in [0.4, 0.5) is 0 Å². The Morgan fingerprint density at radius 2 is 1.89 bits per heavy atom. The fraction of sp³-hybridized carbons (Fsp3) is 0.250. The number of hydrogen-bond donors (Lipinski definition) is 1. The molecule has 1 atom stereocenters. The van der Waals surface area contributed by atoms with E-state index in [0.29, 0.717) is 0 Å². The number of fused-ring (bicyclic) bond motifs is 1. The van der Waals surface area contributed by atoms with Gasteiger partial charge in [-0.05, 0) is 25.0 Å². The Morgan fingerprint density at radius 3 is 2.67 bits per heavy atom. The van der Waals surface area contributed by atoms with Crippen LogP contribution in [0.2, 0.25) is 0 Å². The van der Waals surface area contributed by atoms with Crippen molar-refractivity contribution in [2.45, 2.75) is 23.8 Å². The first kappa shape index (κ1) is 11.8. The molecule has 0 bridgehead atoms.